The van der Waals surface area contributed by atoms with E-state index >= 15 is 0 Å². The van der Waals surface area contributed by atoms with Crippen LogP contribution in [0.1, 0.15) is 290 Å². The van der Waals surface area contributed by atoms with Crippen LogP contribution in [0, 0.1) is 0 Å². The van der Waals surface area contributed by atoms with Crippen molar-refractivity contribution < 1.29 is 38.5 Å². The monoisotopic (exact) mass is 894 g/mol. The molecule has 1 atom stereocenters. The van der Waals surface area contributed by atoms with Gasteiger partial charge in [-0.1, -0.05) is 239 Å². The highest BCUT2D eigenvalue weighted by Gasteiger charge is 2.19. The number of rotatable bonds is 52. The van der Waals surface area contributed by atoms with E-state index in [1.54, 1.807) is 0 Å². The smallest absolute Gasteiger partial charge is 0.306 e. The molecule has 0 aromatic heterocycles. The fourth-order valence-electron chi connectivity index (χ4n) is 8.24. The van der Waals surface area contributed by atoms with Crippen LogP contribution in [0.2, 0.25) is 0 Å². The van der Waals surface area contributed by atoms with Crippen molar-refractivity contribution in [1.82, 2.24) is 5.32 Å². The van der Waals surface area contributed by atoms with Crippen LogP contribution in [-0.2, 0) is 33.4 Å². The van der Waals surface area contributed by atoms with Crippen molar-refractivity contribution in [2.45, 2.75) is 296 Å². The molecule has 0 rings (SSSR count). The van der Waals surface area contributed by atoms with Crippen molar-refractivity contribution in [3.63, 3.8) is 0 Å². The zero-order chi connectivity index (χ0) is 45.9. The van der Waals surface area contributed by atoms with E-state index in [0.29, 0.717) is 25.8 Å². The molecular weight excluding hydrogens is 791 g/mol. The number of ether oxygens (including phenoxy) is 3. The van der Waals surface area contributed by atoms with Crippen molar-refractivity contribution in [2.75, 3.05) is 26.3 Å². The summed E-state index contributed by atoms with van der Waals surface area (Å²) in [4.78, 5) is 48.5. The van der Waals surface area contributed by atoms with E-state index in [1.807, 2.05) is 0 Å². The number of hydrogen-bond donors (Lipinski definition) is 2. The standard InChI is InChI=1S/C54H103NO8/c1-3-5-7-9-11-13-15-18-22-26-30-34-38-42-52(58)61-48-50(63-54(60)44-40-36-32-28-24-19-16-14-12-10-8-6-4-2)49-62-53(59)43-39-35-31-27-23-20-17-21-25-29-33-37-41-46-55-47-45-51(56)57/h50,55H,3-49H2,1-2H3,(H,56,57). The Bertz CT molecular complexity index is 1010. The molecular formula is C54H103NO8. The lowest BCUT2D eigenvalue weighted by Crippen LogP contribution is -2.30. The van der Waals surface area contributed by atoms with E-state index in [1.165, 1.54) is 186 Å². The second-order valence-corrected chi connectivity index (χ2v) is 18.7. The Morgan fingerprint density at radius 1 is 0.349 bits per heavy atom. The summed E-state index contributed by atoms with van der Waals surface area (Å²) in [5.74, 6) is -1.64. The van der Waals surface area contributed by atoms with Gasteiger partial charge in [-0.2, -0.15) is 0 Å². The third kappa shape index (κ3) is 50.7. The molecule has 0 fully saturated rings. The van der Waals surface area contributed by atoms with Crippen LogP contribution in [0.5, 0.6) is 0 Å². The predicted octanol–water partition coefficient (Wildman–Crippen LogP) is 15.5. The van der Waals surface area contributed by atoms with Gasteiger partial charge in [0.05, 0.1) is 6.42 Å². The highest BCUT2D eigenvalue weighted by molar-refractivity contribution is 5.71. The van der Waals surface area contributed by atoms with Crippen molar-refractivity contribution in [3.05, 3.63) is 0 Å². The Kier molecular flexibility index (Phi) is 49.1. The first-order valence-electron chi connectivity index (χ1n) is 27.3. The fraction of sp³-hybridized carbons (Fsp3) is 0.926. The maximum absolute atomic E-state index is 12.8. The molecule has 0 aliphatic rings. The lowest BCUT2D eigenvalue weighted by Gasteiger charge is -2.18. The maximum Gasteiger partial charge on any atom is 0.306 e. The average molecular weight is 894 g/mol. The van der Waals surface area contributed by atoms with Crippen LogP contribution < -0.4 is 5.32 Å². The van der Waals surface area contributed by atoms with Gasteiger partial charge in [-0.3, -0.25) is 19.2 Å². The number of carbonyl (C=O) groups is 4. The summed E-state index contributed by atoms with van der Waals surface area (Å²) in [5.41, 5.74) is 0. The molecule has 0 saturated carbocycles. The van der Waals surface area contributed by atoms with E-state index in [0.717, 1.165) is 70.8 Å². The highest BCUT2D eigenvalue weighted by atomic mass is 16.6. The Labute approximate surface area is 388 Å². The molecule has 0 saturated heterocycles. The molecule has 0 spiro atoms. The van der Waals surface area contributed by atoms with Gasteiger partial charge < -0.3 is 24.6 Å². The Morgan fingerprint density at radius 3 is 0.921 bits per heavy atom. The quantitative estimate of drug-likeness (QED) is 0.0348. The third-order valence-electron chi connectivity index (χ3n) is 12.4. The Balaban J connectivity index is 4.26. The van der Waals surface area contributed by atoms with Gasteiger partial charge in [0.1, 0.15) is 13.2 Å². The van der Waals surface area contributed by atoms with Gasteiger partial charge in [-0.15, -0.1) is 0 Å². The Morgan fingerprint density at radius 2 is 0.619 bits per heavy atom. The maximum atomic E-state index is 12.8. The fourth-order valence-corrected chi connectivity index (χ4v) is 8.24. The zero-order valence-corrected chi connectivity index (χ0v) is 41.6. The van der Waals surface area contributed by atoms with E-state index in [2.05, 4.69) is 19.2 Å². The molecule has 63 heavy (non-hydrogen) atoms. The van der Waals surface area contributed by atoms with Crippen LogP contribution in [0.4, 0.5) is 0 Å². The summed E-state index contributed by atoms with van der Waals surface area (Å²) in [6, 6.07) is 0. The predicted molar refractivity (Wildman–Crippen MR) is 262 cm³/mol. The normalized spacial score (nSPS) is 11.8. The van der Waals surface area contributed by atoms with Gasteiger partial charge in [-0.25, -0.2) is 0 Å². The van der Waals surface area contributed by atoms with Gasteiger partial charge in [0.15, 0.2) is 6.10 Å². The zero-order valence-electron chi connectivity index (χ0n) is 41.6. The molecule has 0 radical (unpaired) electrons. The van der Waals surface area contributed by atoms with E-state index in [-0.39, 0.29) is 37.5 Å². The van der Waals surface area contributed by atoms with E-state index in [9.17, 15) is 19.2 Å². The topological polar surface area (TPSA) is 128 Å². The van der Waals surface area contributed by atoms with Gasteiger partial charge in [0, 0.05) is 25.8 Å². The first-order valence-corrected chi connectivity index (χ1v) is 27.3. The number of carbonyl (C=O) groups excluding carboxylic acids is 3. The summed E-state index contributed by atoms with van der Waals surface area (Å²) in [7, 11) is 0. The van der Waals surface area contributed by atoms with E-state index < -0.39 is 12.1 Å². The van der Waals surface area contributed by atoms with Crippen LogP contribution in [0.25, 0.3) is 0 Å². The van der Waals surface area contributed by atoms with Crippen LogP contribution in [0.3, 0.4) is 0 Å². The lowest BCUT2D eigenvalue weighted by atomic mass is 10.0. The van der Waals surface area contributed by atoms with E-state index in [4.69, 9.17) is 19.3 Å². The van der Waals surface area contributed by atoms with Crippen molar-refractivity contribution in [3.8, 4) is 0 Å². The molecule has 0 aliphatic heterocycles. The molecule has 9 nitrogen and oxygen atoms in total. The van der Waals surface area contributed by atoms with Crippen LogP contribution in [-0.4, -0.2) is 61.4 Å². The van der Waals surface area contributed by atoms with Gasteiger partial charge in [0.2, 0.25) is 0 Å². The average Bonchev–Trinajstić information content (AvgIpc) is 3.27. The number of carboxylic acid groups (broad SMARTS) is 1. The molecule has 1 unspecified atom stereocenters. The highest BCUT2D eigenvalue weighted by Crippen LogP contribution is 2.17. The molecule has 0 aromatic rings. The van der Waals surface area contributed by atoms with Crippen molar-refractivity contribution in [2.24, 2.45) is 0 Å². The number of carboxylic acids is 1. The number of hydrogen-bond acceptors (Lipinski definition) is 8. The largest absolute Gasteiger partial charge is 0.481 e. The number of esters is 3. The minimum absolute atomic E-state index is 0.0792. The second-order valence-electron chi connectivity index (χ2n) is 18.7. The van der Waals surface area contributed by atoms with Gasteiger partial charge >= 0.3 is 23.9 Å². The summed E-state index contributed by atoms with van der Waals surface area (Å²) >= 11 is 0. The molecule has 0 heterocycles. The summed E-state index contributed by atoms with van der Waals surface area (Å²) in [5, 5.41) is 11.9. The summed E-state index contributed by atoms with van der Waals surface area (Å²) in [6.07, 6.45) is 48.1. The van der Waals surface area contributed by atoms with Crippen molar-refractivity contribution >= 4 is 23.9 Å². The minimum Gasteiger partial charge on any atom is -0.481 e. The van der Waals surface area contributed by atoms with Gasteiger partial charge in [0.25, 0.3) is 0 Å². The number of nitrogens with one attached hydrogen (secondary N) is 1. The molecule has 0 bridgehead atoms. The first kappa shape index (κ1) is 60.8. The summed E-state index contributed by atoms with van der Waals surface area (Å²) < 4.78 is 16.8. The lowest BCUT2D eigenvalue weighted by molar-refractivity contribution is -0.167. The molecule has 9 heteroatoms. The molecule has 0 aromatic carbocycles. The van der Waals surface area contributed by atoms with Crippen LogP contribution in [0.15, 0.2) is 0 Å². The number of unbranched alkanes of at least 4 members (excludes halogenated alkanes) is 36. The number of aliphatic carboxylic acids is 1. The molecule has 0 aliphatic carbocycles. The third-order valence-corrected chi connectivity index (χ3v) is 12.4. The Hall–Kier alpha value is -2.16. The van der Waals surface area contributed by atoms with Crippen LogP contribution >= 0.6 is 0 Å². The first-order chi connectivity index (χ1) is 30.9. The molecule has 2 N–H and O–H groups in total. The van der Waals surface area contributed by atoms with Gasteiger partial charge in [-0.05, 0) is 32.2 Å². The van der Waals surface area contributed by atoms with Crippen molar-refractivity contribution in [1.29, 1.82) is 0 Å². The molecule has 0 amide bonds. The minimum atomic E-state index is -0.779. The summed E-state index contributed by atoms with van der Waals surface area (Å²) in [6.45, 7) is 5.83. The second kappa shape index (κ2) is 50.8. The SMILES string of the molecule is CCCCCCCCCCCCCCCC(=O)OCC(COC(=O)CCCCCCCCCCCCCCCNCCC(=O)O)OC(=O)CCCCCCCCCCCCCCC. The molecule has 372 valence electrons.